The second-order valence-corrected chi connectivity index (χ2v) is 10.4. The molecule has 3 aromatic carbocycles. The van der Waals surface area contributed by atoms with Crippen LogP contribution in [0.25, 0.3) is 5.70 Å². The third kappa shape index (κ3) is 8.82. The van der Waals surface area contributed by atoms with Crippen molar-refractivity contribution < 1.29 is 4.84 Å². The molecule has 0 saturated carbocycles. The first-order chi connectivity index (χ1) is 19.7. The molecular formula is C34H40N4O2. The summed E-state index contributed by atoms with van der Waals surface area (Å²) in [5.74, 6) is 1.75. The van der Waals surface area contributed by atoms with Gasteiger partial charge >= 0.3 is 0 Å². The first-order valence-electron chi connectivity index (χ1n) is 14.3. The highest BCUT2D eigenvalue weighted by molar-refractivity contribution is 5.82. The zero-order chi connectivity index (χ0) is 28.0. The van der Waals surface area contributed by atoms with Gasteiger partial charge in [0, 0.05) is 24.9 Å². The SMILES string of the molecule is C=C(N=O)c1ccc(/C=N/OC(CCC2CCCN(CCC(c3ccccc3)c3ccccc3)CC2)=NC)cc1. The van der Waals surface area contributed by atoms with Gasteiger partial charge in [-0.25, -0.2) is 0 Å². The molecule has 40 heavy (non-hydrogen) atoms. The van der Waals surface area contributed by atoms with Crippen molar-refractivity contribution in [2.75, 3.05) is 26.7 Å². The fourth-order valence-electron chi connectivity index (χ4n) is 5.43. The lowest BCUT2D eigenvalue weighted by molar-refractivity contribution is 0.271. The van der Waals surface area contributed by atoms with E-state index in [9.17, 15) is 4.91 Å². The highest BCUT2D eigenvalue weighted by Crippen LogP contribution is 2.29. The van der Waals surface area contributed by atoms with Crippen LogP contribution >= 0.6 is 0 Å². The molecule has 1 aliphatic heterocycles. The van der Waals surface area contributed by atoms with Crippen molar-refractivity contribution in [1.82, 2.24) is 4.90 Å². The van der Waals surface area contributed by atoms with E-state index in [1.807, 2.05) is 12.1 Å². The molecule has 1 aliphatic rings. The summed E-state index contributed by atoms with van der Waals surface area (Å²) in [7, 11) is 1.75. The molecule has 0 aromatic heterocycles. The summed E-state index contributed by atoms with van der Waals surface area (Å²) >= 11 is 0. The van der Waals surface area contributed by atoms with Gasteiger partial charge in [0.2, 0.25) is 5.90 Å². The van der Waals surface area contributed by atoms with Crippen LogP contribution in [0.2, 0.25) is 0 Å². The van der Waals surface area contributed by atoms with Gasteiger partial charge in [-0.2, -0.15) is 0 Å². The van der Waals surface area contributed by atoms with Gasteiger partial charge in [-0.1, -0.05) is 96.7 Å². The Labute approximate surface area is 238 Å². The smallest absolute Gasteiger partial charge is 0.219 e. The van der Waals surface area contributed by atoms with E-state index in [4.69, 9.17) is 4.84 Å². The maximum absolute atomic E-state index is 10.6. The molecule has 0 bridgehead atoms. The summed E-state index contributed by atoms with van der Waals surface area (Å²) in [4.78, 5) is 23.2. The minimum absolute atomic E-state index is 0.213. The molecule has 1 saturated heterocycles. The number of nitrogens with zero attached hydrogens (tertiary/aromatic N) is 4. The van der Waals surface area contributed by atoms with Gasteiger partial charge in [0.1, 0.15) is 5.70 Å². The first-order valence-corrected chi connectivity index (χ1v) is 14.3. The number of benzene rings is 3. The van der Waals surface area contributed by atoms with Crippen molar-refractivity contribution in [1.29, 1.82) is 0 Å². The maximum atomic E-state index is 10.6. The lowest BCUT2D eigenvalue weighted by Gasteiger charge is -2.24. The second kappa shape index (κ2) is 15.6. The van der Waals surface area contributed by atoms with Crippen molar-refractivity contribution in [2.24, 2.45) is 21.2 Å². The molecule has 6 nitrogen and oxygen atoms in total. The van der Waals surface area contributed by atoms with Gasteiger partial charge in [0.25, 0.3) is 0 Å². The summed E-state index contributed by atoms with van der Waals surface area (Å²) in [6.45, 7) is 7.04. The maximum Gasteiger partial charge on any atom is 0.219 e. The van der Waals surface area contributed by atoms with E-state index in [1.165, 1.54) is 30.4 Å². The largest absolute Gasteiger partial charge is 0.342 e. The predicted molar refractivity (Wildman–Crippen MR) is 166 cm³/mol. The number of hydrogen-bond donors (Lipinski definition) is 0. The Morgan fingerprint density at radius 1 is 0.975 bits per heavy atom. The Morgan fingerprint density at radius 3 is 2.27 bits per heavy atom. The lowest BCUT2D eigenvalue weighted by Crippen LogP contribution is -2.27. The summed E-state index contributed by atoms with van der Waals surface area (Å²) in [5, 5.41) is 6.99. The van der Waals surface area contributed by atoms with E-state index in [1.54, 1.807) is 25.4 Å². The van der Waals surface area contributed by atoms with Crippen LogP contribution in [0.4, 0.5) is 0 Å². The average molecular weight is 537 g/mol. The topological polar surface area (TPSA) is 66.6 Å². The van der Waals surface area contributed by atoms with Crippen LogP contribution in [0.15, 0.2) is 107 Å². The van der Waals surface area contributed by atoms with Crippen molar-refractivity contribution in [2.45, 2.75) is 44.4 Å². The average Bonchev–Trinajstić information content (AvgIpc) is 3.25. The Hall–Kier alpha value is -3.90. The van der Waals surface area contributed by atoms with E-state index in [-0.39, 0.29) is 5.70 Å². The van der Waals surface area contributed by atoms with Crippen molar-refractivity contribution in [3.63, 3.8) is 0 Å². The minimum atomic E-state index is 0.213. The molecule has 0 N–H and O–H groups in total. The summed E-state index contributed by atoms with van der Waals surface area (Å²) in [5.41, 5.74) is 4.56. The van der Waals surface area contributed by atoms with Gasteiger partial charge in [-0.15, -0.1) is 4.91 Å². The fourth-order valence-corrected chi connectivity index (χ4v) is 5.43. The summed E-state index contributed by atoms with van der Waals surface area (Å²) in [6.07, 6.45) is 8.29. The van der Waals surface area contributed by atoms with E-state index >= 15 is 0 Å². The molecule has 0 amide bonds. The molecule has 0 aliphatic carbocycles. The standard InChI is InChI=1S/C34H40N4O2/c1-27(37-39)30-18-15-29(16-19-30)26-36-40-34(35-2)20-17-28-10-9-23-38(24-21-28)25-22-33(31-11-5-3-6-12-31)32-13-7-4-8-14-32/h3-8,11-16,18-19,26,28,33H,1,9-10,17,20-25H2,2H3/b35-34?,36-26+. The molecule has 1 unspecified atom stereocenters. The van der Waals surface area contributed by atoms with Crippen LogP contribution in [0.3, 0.4) is 0 Å². The predicted octanol–water partition coefficient (Wildman–Crippen LogP) is 7.91. The van der Waals surface area contributed by atoms with Gasteiger partial charge in [0.15, 0.2) is 0 Å². The third-order valence-electron chi connectivity index (χ3n) is 7.81. The van der Waals surface area contributed by atoms with Crippen molar-refractivity contribution >= 4 is 17.8 Å². The third-order valence-corrected chi connectivity index (χ3v) is 7.81. The number of oxime groups is 1. The highest BCUT2D eigenvalue weighted by Gasteiger charge is 2.20. The van der Waals surface area contributed by atoms with E-state index in [0.29, 0.717) is 23.3 Å². The minimum Gasteiger partial charge on any atom is -0.342 e. The first kappa shape index (κ1) is 29.1. The number of aliphatic imine (C=N–C) groups is 1. The quantitative estimate of drug-likeness (QED) is 0.102. The molecule has 208 valence electrons. The van der Waals surface area contributed by atoms with Gasteiger partial charge in [0.05, 0.1) is 6.21 Å². The molecule has 1 atom stereocenters. The Balaban J connectivity index is 1.22. The van der Waals surface area contributed by atoms with E-state index in [0.717, 1.165) is 44.5 Å². The van der Waals surface area contributed by atoms with Gasteiger partial charge < -0.3 is 9.74 Å². The summed E-state index contributed by atoms with van der Waals surface area (Å²) in [6, 6.07) is 29.1. The summed E-state index contributed by atoms with van der Waals surface area (Å²) < 4.78 is 0. The zero-order valence-corrected chi connectivity index (χ0v) is 23.5. The van der Waals surface area contributed by atoms with E-state index < -0.39 is 0 Å². The number of hydrogen-bond acceptors (Lipinski definition) is 6. The molecule has 0 radical (unpaired) electrons. The normalized spacial score (nSPS) is 16.6. The molecule has 0 spiro atoms. The molecule has 1 fully saturated rings. The molecular weight excluding hydrogens is 496 g/mol. The van der Waals surface area contributed by atoms with Gasteiger partial charge in [-0.3, -0.25) is 4.99 Å². The van der Waals surface area contributed by atoms with Crippen molar-refractivity contribution in [3.05, 3.63) is 119 Å². The molecule has 4 rings (SSSR count). The Morgan fingerprint density at radius 2 is 1.65 bits per heavy atom. The Kier molecular flexibility index (Phi) is 11.4. The van der Waals surface area contributed by atoms with Gasteiger partial charge in [-0.05, 0) is 79.5 Å². The molecule has 1 heterocycles. The van der Waals surface area contributed by atoms with Crippen LogP contribution < -0.4 is 0 Å². The van der Waals surface area contributed by atoms with Crippen LogP contribution in [-0.2, 0) is 4.84 Å². The molecule has 6 heteroatoms. The van der Waals surface area contributed by atoms with Crippen LogP contribution in [0.5, 0.6) is 0 Å². The number of likely N-dealkylation sites (tertiary alicyclic amines) is 1. The highest BCUT2D eigenvalue weighted by atomic mass is 16.6. The second-order valence-electron chi connectivity index (χ2n) is 10.4. The van der Waals surface area contributed by atoms with Crippen molar-refractivity contribution in [3.8, 4) is 0 Å². The molecule has 3 aromatic rings. The number of nitroso groups, excluding NO2 is 1. The zero-order valence-electron chi connectivity index (χ0n) is 23.5. The lowest BCUT2D eigenvalue weighted by atomic mass is 9.88. The monoisotopic (exact) mass is 536 g/mol. The Bertz CT molecular complexity index is 1220. The number of rotatable bonds is 12. The van der Waals surface area contributed by atoms with Crippen LogP contribution in [-0.4, -0.2) is 43.7 Å². The van der Waals surface area contributed by atoms with Crippen LogP contribution in [0.1, 0.15) is 66.7 Å². The van der Waals surface area contributed by atoms with Crippen LogP contribution in [0, 0.1) is 10.8 Å². The fraction of sp³-hybridized carbons (Fsp3) is 0.353. The van der Waals surface area contributed by atoms with E-state index in [2.05, 4.69) is 87.5 Å².